The first-order chi connectivity index (χ1) is 12.6. The van der Waals surface area contributed by atoms with Gasteiger partial charge in [-0.2, -0.15) is 0 Å². The van der Waals surface area contributed by atoms with Gasteiger partial charge in [0.1, 0.15) is 0 Å². The lowest BCUT2D eigenvalue weighted by Crippen LogP contribution is -2.41. The summed E-state index contributed by atoms with van der Waals surface area (Å²) < 4.78 is 5.28. The van der Waals surface area contributed by atoms with Crippen LogP contribution in [-0.4, -0.2) is 56.6 Å². The second-order valence-corrected chi connectivity index (χ2v) is 6.22. The smallest absolute Gasteiger partial charge is 0.258 e. The Morgan fingerprint density at radius 3 is 2.54 bits per heavy atom. The van der Waals surface area contributed by atoms with Crippen LogP contribution in [0.4, 0.5) is 11.4 Å². The number of para-hydroxylation sites is 1. The number of amides is 2. The minimum atomic E-state index is -0.125. The molecule has 1 aliphatic rings. The molecule has 0 spiro atoms. The van der Waals surface area contributed by atoms with Crippen LogP contribution in [-0.2, 0) is 9.53 Å². The Bertz CT molecular complexity index is 758. The van der Waals surface area contributed by atoms with E-state index in [1.165, 1.54) is 0 Å². The maximum atomic E-state index is 12.7. The van der Waals surface area contributed by atoms with Gasteiger partial charge in [-0.15, -0.1) is 0 Å². The molecular formula is C20H23N3O3. The van der Waals surface area contributed by atoms with Gasteiger partial charge >= 0.3 is 0 Å². The Balaban J connectivity index is 1.64. The van der Waals surface area contributed by atoms with E-state index in [4.69, 9.17) is 4.74 Å². The van der Waals surface area contributed by atoms with Crippen LogP contribution in [0.1, 0.15) is 10.4 Å². The van der Waals surface area contributed by atoms with E-state index < -0.39 is 0 Å². The number of morpholine rings is 1. The highest BCUT2D eigenvalue weighted by molar-refractivity contribution is 6.06. The molecular weight excluding hydrogens is 330 g/mol. The zero-order chi connectivity index (χ0) is 18.4. The predicted octanol–water partition coefficient (Wildman–Crippen LogP) is 2.23. The Hall–Kier alpha value is -2.70. The summed E-state index contributed by atoms with van der Waals surface area (Å²) in [7, 11) is 1.74. The van der Waals surface area contributed by atoms with Gasteiger partial charge in [0.15, 0.2) is 0 Å². The number of hydrogen-bond donors (Lipinski definition) is 1. The molecule has 26 heavy (non-hydrogen) atoms. The highest BCUT2D eigenvalue weighted by Gasteiger charge is 2.16. The summed E-state index contributed by atoms with van der Waals surface area (Å²) in [6.45, 7) is 3.15. The summed E-state index contributed by atoms with van der Waals surface area (Å²) in [4.78, 5) is 28.6. The van der Waals surface area contributed by atoms with Gasteiger partial charge in [0.05, 0.1) is 19.8 Å². The van der Waals surface area contributed by atoms with Gasteiger partial charge in [-0.05, 0) is 30.3 Å². The molecule has 0 aliphatic carbocycles. The van der Waals surface area contributed by atoms with Crippen LogP contribution in [0, 0.1) is 0 Å². The fourth-order valence-electron chi connectivity index (χ4n) is 2.86. The number of benzene rings is 2. The van der Waals surface area contributed by atoms with Crippen molar-refractivity contribution in [2.45, 2.75) is 0 Å². The number of nitrogens with zero attached hydrogens (tertiary/aromatic N) is 2. The molecule has 1 heterocycles. The summed E-state index contributed by atoms with van der Waals surface area (Å²) in [6.07, 6.45) is 0. The number of carbonyl (C=O) groups excluding carboxylic acids is 2. The maximum absolute atomic E-state index is 12.7. The lowest BCUT2D eigenvalue weighted by atomic mass is 10.1. The van der Waals surface area contributed by atoms with Crippen LogP contribution >= 0.6 is 0 Å². The molecule has 0 atom stereocenters. The maximum Gasteiger partial charge on any atom is 0.258 e. The number of rotatable bonds is 5. The van der Waals surface area contributed by atoms with Crippen LogP contribution in [0.2, 0.25) is 0 Å². The third-order valence-corrected chi connectivity index (χ3v) is 4.31. The summed E-state index contributed by atoms with van der Waals surface area (Å²) in [6, 6.07) is 16.5. The van der Waals surface area contributed by atoms with E-state index >= 15 is 0 Å². The molecule has 1 fully saturated rings. The lowest BCUT2D eigenvalue weighted by Gasteiger charge is -2.25. The topological polar surface area (TPSA) is 61.9 Å². The summed E-state index contributed by atoms with van der Waals surface area (Å²) in [5.41, 5.74) is 1.97. The van der Waals surface area contributed by atoms with Gasteiger partial charge in [0, 0.05) is 37.1 Å². The largest absolute Gasteiger partial charge is 0.379 e. The van der Waals surface area contributed by atoms with E-state index in [0.717, 1.165) is 18.8 Å². The number of nitrogens with one attached hydrogen (secondary N) is 1. The van der Waals surface area contributed by atoms with Crippen LogP contribution in [0.5, 0.6) is 0 Å². The molecule has 6 heteroatoms. The van der Waals surface area contributed by atoms with Gasteiger partial charge < -0.3 is 15.0 Å². The van der Waals surface area contributed by atoms with E-state index in [1.807, 2.05) is 30.3 Å². The second kappa shape index (κ2) is 8.60. The number of anilines is 2. The molecule has 1 aliphatic heterocycles. The molecule has 0 unspecified atom stereocenters. The quantitative estimate of drug-likeness (QED) is 0.895. The van der Waals surface area contributed by atoms with E-state index in [9.17, 15) is 9.59 Å². The van der Waals surface area contributed by atoms with Crippen molar-refractivity contribution in [3.8, 4) is 0 Å². The number of ether oxygens (including phenoxy) is 1. The van der Waals surface area contributed by atoms with Crippen molar-refractivity contribution < 1.29 is 14.3 Å². The predicted molar refractivity (Wildman–Crippen MR) is 102 cm³/mol. The first-order valence-electron chi connectivity index (χ1n) is 8.66. The summed E-state index contributed by atoms with van der Waals surface area (Å²) in [5.74, 6) is -0.214. The first kappa shape index (κ1) is 18.1. The molecule has 136 valence electrons. The van der Waals surface area contributed by atoms with Gasteiger partial charge in [-0.3, -0.25) is 14.5 Å². The Kier molecular flexibility index (Phi) is 5.99. The van der Waals surface area contributed by atoms with Crippen LogP contribution in [0.15, 0.2) is 54.6 Å². The molecule has 2 aromatic rings. The number of carbonyl (C=O) groups is 2. The molecule has 0 saturated carbocycles. The first-order valence-corrected chi connectivity index (χ1v) is 8.66. The van der Waals surface area contributed by atoms with Crippen LogP contribution in [0.25, 0.3) is 0 Å². The zero-order valence-electron chi connectivity index (χ0n) is 14.9. The molecule has 1 saturated heterocycles. The van der Waals surface area contributed by atoms with Crippen molar-refractivity contribution in [3.05, 3.63) is 60.2 Å². The number of hydrogen-bond acceptors (Lipinski definition) is 4. The molecule has 0 radical (unpaired) electrons. The monoisotopic (exact) mass is 353 g/mol. The highest BCUT2D eigenvalue weighted by Crippen LogP contribution is 2.17. The normalized spacial score (nSPS) is 14.7. The molecule has 1 N–H and O–H groups in total. The molecule has 2 aromatic carbocycles. The Labute approximate surface area is 153 Å². The fraction of sp³-hybridized carbons (Fsp3) is 0.300. The van der Waals surface area contributed by atoms with Crippen LogP contribution in [0.3, 0.4) is 0 Å². The average molecular weight is 353 g/mol. The van der Waals surface area contributed by atoms with E-state index in [1.54, 1.807) is 36.2 Å². The summed E-state index contributed by atoms with van der Waals surface area (Å²) >= 11 is 0. The van der Waals surface area contributed by atoms with E-state index in [0.29, 0.717) is 31.0 Å². The van der Waals surface area contributed by atoms with Crippen molar-refractivity contribution in [2.75, 3.05) is 50.1 Å². The average Bonchev–Trinajstić information content (AvgIpc) is 2.68. The molecule has 3 rings (SSSR count). The van der Waals surface area contributed by atoms with Gasteiger partial charge in [-0.1, -0.05) is 24.3 Å². The van der Waals surface area contributed by atoms with Gasteiger partial charge in [0.25, 0.3) is 5.91 Å². The molecule has 6 nitrogen and oxygen atoms in total. The molecule has 0 bridgehead atoms. The summed E-state index contributed by atoms with van der Waals surface area (Å²) in [5, 5.41) is 2.87. The highest BCUT2D eigenvalue weighted by atomic mass is 16.5. The SMILES string of the molecule is CN(C(=O)c1cccc(NC(=O)CN2CCOCC2)c1)c1ccccc1. The van der Waals surface area contributed by atoms with Crippen molar-refractivity contribution in [1.82, 2.24) is 4.90 Å². The van der Waals surface area contributed by atoms with Crippen LogP contribution < -0.4 is 10.2 Å². The third-order valence-electron chi connectivity index (χ3n) is 4.31. The van der Waals surface area contributed by atoms with Gasteiger partial charge in [0.2, 0.25) is 5.91 Å². The third kappa shape index (κ3) is 4.68. The van der Waals surface area contributed by atoms with Crippen molar-refractivity contribution >= 4 is 23.2 Å². The Morgan fingerprint density at radius 2 is 1.81 bits per heavy atom. The fourth-order valence-corrected chi connectivity index (χ4v) is 2.86. The molecule has 2 amide bonds. The Morgan fingerprint density at radius 1 is 1.08 bits per heavy atom. The molecule has 0 aromatic heterocycles. The minimum Gasteiger partial charge on any atom is -0.379 e. The standard InChI is InChI=1S/C20H23N3O3/c1-22(18-8-3-2-4-9-18)20(25)16-6-5-7-17(14-16)21-19(24)15-23-10-12-26-13-11-23/h2-9,14H,10-13,15H2,1H3,(H,21,24). The zero-order valence-corrected chi connectivity index (χ0v) is 14.9. The van der Waals surface area contributed by atoms with Crippen molar-refractivity contribution in [2.24, 2.45) is 0 Å². The second-order valence-electron chi connectivity index (χ2n) is 6.22. The van der Waals surface area contributed by atoms with E-state index in [-0.39, 0.29) is 11.8 Å². The van der Waals surface area contributed by atoms with Gasteiger partial charge in [-0.25, -0.2) is 0 Å². The van der Waals surface area contributed by atoms with Crippen molar-refractivity contribution in [3.63, 3.8) is 0 Å². The minimum absolute atomic E-state index is 0.0899. The lowest BCUT2D eigenvalue weighted by molar-refractivity contribution is -0.118. The van der Waals surface area contributed by atoms with E-state index in [2.05, 4.69) is 10.2 Å². The van der Waals surface area contributed by atoms with Crippen molar-refractivity contribution in [1.29, 1.82) is 0 Å².